The highest BCUT2D eigenvalue weighted by molar-refractivity contribution is 5.88. The quantitative estimate of drug-likeness (QED) is 0.909. The molecule has 0 bridgehead atoms. The zero-order valence-corrected chi connectivity index (χ0v) is 12.4. The molecule has 1 saturated carbocycles. The number of carbonyl (C=O) groups excluding carboxylic acids is 1. The summed E-state index contributed by atoms with van der Waals surface area (Å²) in [5.41, 5.74) is 1.26. The van der Waals surface area contributed by atoms with E-state index in [2.05, 4.69) is 15.3 Å². The number of phenolic OH excluding ortho intramolecular Hbond substituents is 1. The van der Waals surface area contributed by atoms with Gasteiger partial charge in [-0.3, -0.25) is 0 Å². The van der Waals surface area contributed by atoms with Crippen LogP contribution in [0.3, 0.4) is 0 Å². The van der Waals surface area contributed by atoms with Crippen molar-refractivity contribution in [3.63, 3.8) is 0 Å². The Hall–Kier alpha value is -2.63. The molecule has 1 aliphatic carbocycles. The molecule has 1 aromatic carbocycles. The van der Waals surface area contributed by atoms with Crippen molar-refractivity contribution in [3.05, 3.63) is 48.0 Å². The third kappa shape index (κ3) is 3.33. The molecule has 6 heteroatoms. The van der Waals surface area contributed by atoms with Crippen LogP contribution in [0, 0.1) is 0 Å². The number of benzene rings is 1. The highest BCUT2D eigenvalue weighted by atomic mass is 16.3. The Morgan fingerprint density at radius 3 is 2.64 bits per heavy atom. The normalized spacial score (nSPS) is 13.7. The number of rotatable bonds is 4. The first kappa shape index (κ1) is 14.3. The summed E-state index contributed by atoms with van der Waals surface area (Å²) in [5.74, 6) is 1.52. The molecule has 1 heterocycles. The van der Waals surface area contributed by atoms with Gasteiger partial charge in [0.2, 0.25) is 0 Å². The van der Waals surface area contributed by atoms with Crippen LogP contribution < -0.4 is 5.32 Å². The molecule has 6 nitrogen and oxygen atoms in total. The summed E-state index contributed by atoms with van der Waals surface area (Å²) in [5, 5.41) is 12.5. The molecule has 0 aliphatic heterocycles. The molecule has 0 radical (unpaired) electrons. The number of anilines is 1. The number of amides is 2. The van der Waals surface area contributed by atoms with Crippen molar-refractivity contribution in [1.29, 1.82) is 0 Å². The van der Waals surface area contributed by atoms with Crippen molar-refractivity contribution < 1.29 is 9.90 Å². The Morgan fingerprint density at radius 2 is 2.00 bits per heavy atom. The number of nitrogens with one attached hydrogen (secondary N) is 1. The maximum absolute atomic E-state index is 12.1. The third-order valence-corrected chi connectivity index (χ3v) is 3.61. The first-order valence-corrected chi connectivity index (χ1v) is 7.24. The van der Waals surface area contributed by atoms with Gasteiger partial charge in [0.15, 0.2) is 0 Å². The fourth-order valence-electron chi connectivity index (χ4n) is 2.15. The number of carbonyl (C=O) groups is 1. The highest BCUT2D eigenvalue weighted by Crippen LogP contribution is 2.37. The largest absolute Gasteiger partial charge is 0.508 e. The Bertz CT molecular complexity index is 668. The van der Waals surface area contributed by atoms with Crippen LogP contribution in [0.15, 0.2) is 36.7 Å². The van der Waals surface area contributed by atoms with Gasteiger partial charge in [0.1, 0.15) is 11.6 Å². The SMILES string of the molecule is CN(Cc1ccccc1O)C(=O)Nc1cnc(C2CC2)nc1. The topological polar surface area (TPSA) is 78.4 Å². The second kappa shape index (κ2) is 6.01. The van der Waals surface area contributed by atoms with E-state index in [0.29, 0.717) is 23.7 Å². The summed E-state index contributed by atoms with van der Waals surface area (Å²) in [6, 6.07) is 6.69. The molecule has 2 aromatic rings. The van der Waals surface area contributed by atoms with Crippen molar-refractivity contribution in [1.82, 2.24) is 14.9 Å². The lowest BCUT2D eigenvalue weighted by atomic mass is 10.2. The average molecular weight is 298 g/mol. The second-order valence-corrected chi connectivity index (χ2v) is 5.52. The van der Waals surface area contributed by atoms with Crippen molar-refractivity contribution in [2.24, 2.45) is 0 Å². The second-order valence-electron chi connectivity index (χ2n) is 5.52. The van der Waals surface area contributed by atoms with Crippen molar-refractivity contribution in [2.45, 2.75) is 25.3 Å². The smallest absolute Gasteiger partial charge is 0.321 e. The minimum Gasteiger partial charge on any atom is -0.508 e. The van der Waals surface area contributed by atoms with E-state index in [0.717, 1.165) is 18.7 Å². The van der Waals surface area contributed by atoms with E-state index < -0.39 is 0 Å². The molecule has 0 saturated heterocycles. The molecule has 22 heavy (non-hydrogen) atoms. The molecule has 0 unspecified atom stereocenters. The fraction of sp³-hybridized carbons (Fsp3) is 0.312. The fourth-order valence-corrected chi connectivity index (χ4v) is 2.15. The molecule has 2 amide bonds. The molecular formula is C16H18N4O2. The lowest BCUT2D eigenvalue weighted by Crippen LogP contribution is -2.31. The van der Waals surface area contributed by atoms with Gasteiger partial charge in [0, 0.05) is 18.5 Å². The molecule has 2 N–H and O–H groups in total. The summed E-state index contributed by atoms with van der Waals surface area (Å²) in [6.07, 6.45) is 5.56. The van der Waals surface area contributed by atoms with Gasteiger partial charge in [-0.1, -0.05) is 18.2 Å². The minimum absolute atomic E-state index is 0.180. The van der Waals surface area contributed by atoms with Gasteiger partial charge in [0.25, 0.3) is 0 Å². The Kier molecular flexibility index (Phi) is 3.91. The van der Waals surface area contributed by atoms with Gasteiger partial charge < -0.3 is 15.3 Å². The standard InChI is InChI=1S/C16H18N4O2/c1-20(10-12-4-2-3-5-14(12)21)16(22)19-13-8-17-15(18-9-13)11-6-7-11/h2-5,8-9,11,21H,6-7,10H2,1H3,(H,19,22). The predicted molar refractivity (Wildman–Crippen MR) is 82.6 cm³/mol. The summed E-state index contributed by atoms with van der Waals surface area (Å²) in [7, 11) is 1.67. The summed E-state index contributed by atoms with van der Waals surface area (Å²) < 4.78 is 0. The number of aromatic hydroxyl groups is 1. The lowest BCUT2D eigenvalue weighted by Gasteiger charge is -2.18. The van der Waals surface area contributed by atoms with E-state index in [1.165, 1.54) is 4.90 Å². The van der Waals surface area contributed by atoms with E-state index in [-0.39, 0.29) is 11.8 Å². The van der Waals surface area contributed by atoms with Crippen molar-refractivity contribution in [3.8, 4) is 5.75 Å². The van der Waals surface area contributed by atoms with Crippen molar-refractivity contribution in [2.75, 3.05) is 12.4 Å². The van der Waals surface area contributed by atoms with Crippen LogP contribution in [0.1, 0.15) is 30.1 Å². The number of phenols is 1. The number of aromatic nitrogens is 2. The molecule has 3 rings (SSSR count). The first-order chi connectivity index (χ1) is 10.6. The van der Waals surface area contributed by atoms with E-state index in [4.69, 9.17) is 0 Å². The summed E-state index contributed by atoms with van der Waals surface area (Å²) in [4.78, 5) is 22.2. The van der Waals surface area contributed by atoms with Gasteiger partial charge in [0.05, 0.1) is 24.6 Å². The van der Waals surface area contributed by atoms with Gasteiger partial charge in [-0.05, 0) is 18.9 Å². The number of para-hydroxylation sites is 1. The van der Waals surface area contributed by atoms with Crippen LogP contribution in [-0.4, -0.2) is 33.1 Å². The van der Waals surface area contributed by atoms with Crippen molar-refractivity contribution >= 4 is 11.7 Å². The van der Waals surface area contributed by atoms with E-state index in [1.807, 2.05) is 6.07 Å². The molecule has 1 aliphatic rings. The van der Waals surface area contributed by atoms with E-state index in [9.17, 15) is 9.90 Å². The maximum atomic E-state index is 12.1. The van der Waals surface area contributed by atoms with Gasteiger partial charge in [-0.15, -0.1) is 0 Å². The zero-order chi connectivity index (χ0) is 15.5. The van der Waals surface area contributed by atoms with Crippen LogP contribution >= 0.6 is 0 Å². The van der Waals surface area contributed by atoms with Crippen LogP contribution in [-0.2, 0) is 6.54 Å². The molecule has 1 fully saturated rings. The predicted octanol–water partition coefficient (Wildman–Crippen LogP) is 2.72. The number of hydrogen-bond donors (Lipinski definition) is 2. The van der Waals surface area contributed by atoms with Crippen LogP contribution in [0.5, 0.6) is 5.75 Å². The summed E-state index contributed by atoms with van der Waals surface area (Å²) in [6.45, 7) is 0.319. The Balaban J connectivity index is 1.59. The lowest BCUT2D eigenvalue weighted by molar-refractivity contribution is 0.220. The zero-order valence-electron chi connectivity index (χ0n) is 12.4. The summed E-state index contributed by atoms with van der Waals surface area (Å²) >= 11 is 0. The van der Waals surface area contributed by atoms with E-state index >= 15 is 0 Å². The van der Waals surface area contributed by atoms with Gasteiger partial charge in [-0.25, -0.2) is 14.8 Å². The third-order valence-electron chi connectivity index (χ3n) is 3.61. The molecule has 0 atom stereocenters. The monoisotopic (exact) mass is 298 g/mol. The number of nitrogens with zero attached hydrogens (tertiary/aromatic N) is 3. The average Bonchev–Trinajstić information content (AvgIpc) is 3.35. The molecule has 1 aromatic heterocycles. The van der Waals surface area contributed by atoms with Crippen LogP contribution in [0.4, 0.5) is 10.5 Å². The minimum atomic E-state index is -0.272. The maximum Gasteiger partial charge on any atom is 0.321 e. The molecule has 114 valence electrons. The van der Waals surface area contributed by atoms with E-state index in [1.54, 1.807) is 37.6 Å². The van der Waals surface area contributed by atoms with Crippen LogP contribution in [0.2, 0.25) is 0 Å². The Labute approximate surface area is 128 Å². The number of urea groups is 1. The van der Waals surface area contributed by atoms with Gasteiger partial charge >= 0.3 is 6.03 Å². The highest BCUT2D eigenvalue weighted by Gasteiger charge is 2.26. The number of hydrogen-bond acceptors (Lipinski definition) is 4. The first-order valence-electron chi connectivity index (χ1n) is 7.24. The molecular weight excluding hydrogens is 280 g/mol. The molecule has 0 spiro atoms. The van der Waals surface area contributed by atoms with Crippen LogP contribution in [0.25, 0.3) is 0 Å². The van der Waals surface area contributed by atoms with Gasteiger partial charge in [-0.2, -0.15) is 0 Å². The Morgan fingerprint density at radius 1 is 1.32 bits per heavy atom.